The van der Waals surface area contributed by atoms with E-state index < -0.39 is 43.5 Å². The van der Waals surface area contributed by atoms with Gasteiger partial charge in [0, 0.05) is 14.1 Å². The van der Waals surface area contributed by atoms with Crippen molar-refractivity contribution >= 4 is 19.9 Å². The fraction of sp³-hybridized carbons (Fsp3) is 0.538. The molecule has 0 unspecified atom stereocenters. The maximum absolute atomic E-state index is 12.9. The van der Waals surface area contributed by atoms with E-state index in [0.717, 1.165) is 4.41 Å². The average molecular weight is 364 g/mol. The Kier molecular flexibility index (Phi) is 5.02. The molecular weight excluding hydrogens is 344 g/mol. The van der Waals surface area contributed by atoms with Crippen molar-refractivity contribution in [3.05, 3.63) is 24.3 Å². The molecule has 10 heteroatoms. The smallest absolute Gasteiger partial charge is 0.256 e. The summed E-state index contributed by atoms with van der Waals surface area (Å²) in [6.45, 7) is 0. The molecule has 0 saturated carbocycles. The molecule has 0 spiro atoms. The normalized spacial score (nSPS) is 24.3. The molecule has 2 rings (SSSR count). The van der Waals surface area contributed by atoms with Gasteiger partial charge in [0.25, 0.3) is 10.0 Å². The number of aliphatic hydroxyl groups excluding tert-OH is 1. The highest BCUT2D eigenvalue weighted by Crippen LogP contribution is 2.27. The van der Waals surface area contributed by atoms with Crippen LogP contribution in [0.4, 0.5) is 0 Å². The van der Waals surface area contributed by atoms with Gasteiger partial charge in [-0.2, -0.15) is 0 Å². The minimum absolute atomic E-state index is 0.0107. The van der Waals surface area contributed by atoms with Gasteiger partial charge in [0.05, 0.1) is 35.7 Å². The Hall–Kier alpha value is -1.20. The molecule has 0 aromatic heterocycles. The Morgan fingerprint density at radius 2 is 1.74 bits per heavy atom. The van der Waals surface area contributed by atoms with E-state index in [-0.39, 0.29) is 4.90 Å². The quantitative estimate of drug-likeness (QED) is 0.690. The monoisotopic (exact) mass is 364 g/mol. The molecule has 0 radical (unpaired) electrons. The summed E-state index contributed by atoms with van der Waals surface area (Å²) in [5, 5.41) is 11.3. The van der Waals surface area contributed by atoms with Crippen LogP contribution < -0.4 is 4.74 Å². The first-order valence-corrected chi connectivity index (χ1v) is 10.1. The second-order valence-electron chi connectivity index (χ2n) is 5.51. The van der Waals surface area contributed by atoms with Crippen LogP contribution in [0.2, 0.25) is 0 Å². The van der Waals surface area contributed by atoms with Crippen LogP contribution in [0.25, 0.3) is 0 Å². The van der Waals surface area contributed by atoms with Gasteiger partial charge in [-0.05, 0) is 24.3 Å². The number of sulfonamides is 1. The number of benzene rings is 1. The molecule has 23 heavy (non-hydrogen) atoms. The highest BCUT2D eigenvalue weighted by atomic mass is 32.2. The van der Waals surface area contributed by atoms with E-state index in [9.17, 15) is 21.9 Å². The van der Waals surface area contributed by atoms with E-state index in [1.165, 1.54) is 50.5 Å². The maximum atomic E-state index is 12.9. The lowest BCUT2D eigenvalue weighted by molar-refractivity contribution is 0.0272. The molecule has 0 bridgehead atoms. The first-order valence-electron chi connectivity index (χ1n) is 6.83. The molecule has 1 fully saturated rings. The second kappa shape index (κ2) is 6.36. The van der Waals surface area contributed by atoms with Crippen molar-refractivity contribution in [2.24, 2.45) is 0 Å². The first kappa shape index (κ1) is 18.1. The number of methoxy groups -OCH3 is 1. The van der Waals surface area contributed by atoms with Crippen LogP contribution in [0.5, 0.6) is 5.75 Å². The molecule has 1 saturated heterocycles. The molecule has 1 aromatic rings. The molecule has 1 aromatic carbocycles. The molecule has 1 aliphatic heterocycles. The minimum Gasteiger partial charge on any atom is -0.497 e. The first-order chi connectivity index (χ1) is 10.6. The molecule has 0 aliphatic carbocycles. The lowest BCUT2D eigenvalue weighted by atomic mass is 10.2. The summed E-state index contributed by atoms with van der Waals surface area (Å²) in [4.78, 5) is -0.0107. The number of rotatable bonds is 5. The van der Waals surface area contributed by atoms with Crippen molar-refractivity contribution in [1.29, 1.82) is 0 Å². The van der Waals surface area contributed by atoms with E-state index in [0.29, 0.717) is 5.75 Å². The summed E-state index contributed by atoms with van der Waals surface area (Å²) in [5.74, 6) is -0.356. The molecule has 1 aliphatic rings. The molecule has 1 heterocycles. The summed E-state index contributed by atoms with van der Waals surface area (Å²) < 4.78 is 55.0. The van der Waals surface area contributed by atoms with Crippen LogP contribution in [0.3, 0.4) is 0 Å². The Labute approximate surface area is 136 Å². The predicted molar refractivity (Wildman–Crippen MR) is 84.2 cm³/mol. The Morgan fingerprint density at radius 3 is 2.13 bits per heavy atom. The van der Waals surface area contributed by atoms with Crippen molar-refractivity contribution in [1.82, 2.24) is 9.42 Å². The number of hydrazine groups is 1. The summed E-state index contributed by atoms with van der Waals surface area (Å²) in [6.07, 6.45) is -1.27. The highest BCUT2D eigenvalue weighted by molar-refractivity contribution is 7.92. The van der Waals surface area contributed by atoms with Gasteiger partial charge in [-0.25, -0.2) is 21.8 Å². The van der Waals surface area contributed by atoms with Crippen LogP contribution >= 0.6 is 0 Å². The SMILES string of the molecule is COc1ccc(S(=O)(=O)N([C@@H]2CS(=O)(=O)C[C@H]2O)N(C)C)cc1. The molecular formula is C13H20N2O6S2. The number of sulfone groups is 1. The van der Waals surface area contributed by atoms with Crippen molar-refractivity contribution in [2.45, 2.75) is 17.0 Å². The number of nitrogens with zero attached hydrogens (tertiary/aromatic N) is 2. The standard InChI is InChI=1S/C13H20N2O6S2/c1-14(2)15(12-8-22(17,18)9-13(12)16)23(19,20)11-6-4-10(21-3)5-7-11/h4-7,12-13,16H,8-9H2,1-3H3/t12-,13-/m1/s1. The van der Waals surface area contributed by atoms with Gasteiger partial charge in [0.1, 0.15) is 5.75 Å². The number of ether oxygens (including phenoxy) is 1. The van der Waals surface area contributed by atoms with Crippen molar-refractivity contribution < 1.29 is 26.7 Å². The maximum Gasteiger partial charge on any atom is 0.256 e. The van der Waals surface area contributed by atoms with Gasteiger partial charge in [-0.3, -0.25) is 0 Å². The fourth-order valence-electron chi connectivity index (χ4n) is 2.57. The van der Waals surface area contributed by atoms with Crippen molar-refractivity contribution in [2.75, 3.05) is 32.7 Å². The zero-order chi connectivity index (χ0) is 17.4. The van der Waals surface area contributed by atoms with Crippen molar-refractivity contribution in [3.8, 4) is 5.75 Å². The summed E-state index contributed by atoms with van der Waals surface area (Å²) in [6, 6.07) is 4.70. The van der Waals surface area contributed by atoms with Gasteiger partial charge >= 0.3 is 0 Å². The van der Waals surface area contributed by atoms with Gasteiger partial charge in [-0.15, -0.1) is 4.41 Å². The van der Waals surface area contributed by atoms with Crippen molar-refractivity contribution in [3.63, 3.8) is 0 Å². The zero-order valence-corrected chi connectivity index (χ0v) is 14.7. The summed E-state index contributed by atoms with van der Waals surface area (Å²) >= 11 is 0. The topological polar surface area (TPSA) is 104 Å². The van der Waals surface area contributed by atoms with E-state index in [1.807, 2.05) is 0 Å². The summed E-state index contributed by atoms with van der Waals surface area (Å²) in [5.41, 5.74) is 0. The average Bonchev–Trinajstić information content (AvgIpc) is 2.71. The van der Waals surface area contributed by atoms with E-state index in [4.69, 9.17) is 4.74 Å². The van der Waals surface area contributed by atoms with Crippen LogP contribution in [0.1, 0.15) is 0 Å². The third-order valence-electron chi connectivity index (χ3n) is 3.58. The van der Waals surface area contributed by atoms with Crippen LogP contribution in [-0.2, 0) is 19.9 Å². The molecule has 1 N–H and O–H groups in total. The number of aliphatic hydroxyl groups is 1. The van der Waals surface area contributed by atoms with Gasteiger partial charge < -0.3 is 9.84 Å². The predicted octanol–water partition coefficient (Wildman–Crippen LogP) is -0.680. The van der Waals surface area contributed by atoms with Crippen LogP contribution in [0.15, 0.2) is 29.2 Å². The molecule has 130 valence electrons. The lowest BCUT2D eigenvalue weighted by Crippen LogP contribution is -2.53. The number of hydrogen-bond donors (Lipinski definition) is 1. The van der Waals surface area contributed by atoms with Gasteiger partial charge in [-0.1, -0.05) is 0 Å². The highest BCUT2D eigenvalue weighted by Gasteiger charge is 2.46. The lowest BCUT2D eigenvalue weighted by Gasteiger charge is -2.34. The van der Waals surface area contributed by atoms with E-state index in [1.54, 1.807) is 0 Å². The fourth-order valence-corrected chi connectivity index (χ4v) is 6.12. The van der Waals surface area contributed by atoms with E-state index in [2.05, 4.69) is 0 Å². The minimum atomic E-state index is -4.01. The Balaban J connectivity index is 2.43. The second-order valence-corrected chi connectivity index (χ2v) is 9.46. The molecule has 2 atom stereocenters. The van der Waals surface area contributed by atoms with Gasteiger partial charge in [0.2, 0.25) is 0 Å². The van der Waals surface area contributed by atoms with Crippen LogP contribution in [-0.4, -0.2) is 76.2 Å². The number of hydrogen-bond acceptors (Lipinski definition) is 7. The zero-order valence-electron chi connectivity index (χ0n) is 13.1. The van der Waals surface area contributed by atoms with Crippen LogP contribution in [0, 0.1) is 0 Å². The third kappa shape index (κ3) is 3.66. The van der Waals surface area contributed by atoms with Gasteiger partial charge in [0.15, 0.2) is 9.84 Å². The third-order valence-corrected chi connectivity index (χ3v) is 7.23. The molecule has 8 nitrogen and oxygen atoms in total. The summed E-state index contributed by atoms with van der Waals surface area (Å²) in [7, 11) is -3.05. The van der Waals surface area contributed by atoms with E-state index >= 15 is 0 Å². The molecule has 0 amide bonds. The Bertz CT molecular complexity index is 758. The largest absolute Gasteiger partial charge is 0.497 e. The Morgan fingerprint density at radius 1 is 1.17 bits per heavy atom.